The SMILES string of the molecule is CCC(C)N1CCN(CC2CC3CCC2N3)CC1. The first-order chi connectivity index (χ1) is 8.76. The second kappa shape index (κ2) is 5.48. The van der Waals surface area contributed by atoms with Crippen molar-refractivity contribution in [2.24, 2.45) is 5.92 Å². The average Bonchev–Trinajstić information content (AvgIpc) is 3.01. The number of nitrogens with zero attached hydrogens (tertiary/aromatic N) is 2. The van der Waals surface area contributed by atoms with Crippen LogP contribution < -0.4 is 5.32 Å². The summed E-state index contributed by atoms with van der Waals surface area (Å²) in [6, 6.07) is 2.49. The zero-order chi connectivity index (χ0) is 12.5. The summed E-state index contributed by atoms with van der Waals surface area (Å²) in [6.07, 6.45) is 5.59. The van der Waals surface area contributed by atoms with Gasteiger partial charge >= 0.3 is 0 Å². The van der Waals surface area contributed by atoms with Crippen LogP contribution >= 0.6 is 0 Å². The molecule has 3 aliphatic rings. The van der Waals surface area contributed by atoms with Gasteiger partial charge in [0.1, 0.15) is 0 Å². The first kappa shape index (κ1) is 12.9. The molecule has 1 N–H and O–H groups in total. The van der Waals surface area contributed by atoms with Crippen LogP contribution in [0.15, 0.2) is 0 Å². The third-order valence-electron chi connectivity index (χ3n) is 5.55. The van der Waals surface area contributed by atoms with Gasteiger partial charge < -0.3 is 10.2 Å². The first-order valence-electron chi connectivity index (χ1n) is 7.98. The molecule has 0 aromatic heterocycles. The van der Waals surface area contributed by atoms with Crippen molar-refractivity contribution in [3.8, 4) is 0 Å². The third kappa shape index (κ3) is 2.59. The van der Waals surface area contributed by atoms with Crippen molar-refractivity contribution in [2.75, 3.05) is 32.7 Å². The molecule has 0 amide bonds. The lowest BCUT2D eigenvalue weighted by Crippen LogP contribution is -2.51. The topological polar surface area (TPSA) is 18.5 Å². The van der Waals surface area contributed by atoms with Crippen LogP contribution in [0.5, 0.6) is 0 Å². The number of rotatable bonds is 4. The van der Waals surface area contributed by atoms with Gasteiger partial charge in [0.25, 0.3) is 0 Å². The van der Waals surface area contributed by atoms with Gasteiger partial charge in [0.2, 0.25) is 0 Å². The van der Waals surface area contributed by atoms with E-state index in [2.05, 4.69) is 29.0 Å². The zero-order valence-corrected chi connectivity index (χ0v) is 12.1. The van der Waals surface area contributed by atoms with Gasteiger partial charge in [-0.3, -0.25) is 4.90 Å². The van der Waals surface area contributed by atoms with Crippen LogP contribution in [0.3, 0.4) is 0 Å². The third-order valence-corrected chi connectivity index (χ3v) is 5.55. The molecule has 4 atom stereocenters. The molecule has 3 aliphatic heterocycles. The normalized spacial score (nSPS) is 39.3. The van der Waals surface area contributed by atoms with E-state index >= 15 is 0 Å². The molecule has 3 nitrogen and oxygen atoms in total. The van der Waals surface area contributed by atoms with Crippen LogP contribution in [-0.4, -0.2) is 60.6 Å². The Balaban J connectivity index is 1.43. The molecule has 3 heterocycles. The molecule has 3 heteroatoms. The Morgan fingerprint density at radius 2 is 1.94 bits per heavy atom. The van der Waals surface area contributed by atoms with Crippen LogP contribution in [0.4, 0.5) is 0 Å². The fourth-order valence-electron chi connectivity index (χ4n) is 4.12. The van der Waals surface area contributed by atoms with Crippen LogP contribution in [-0.2, 0) is 0 Å². The molecule has 0 aliphatic carbocycles. The van der Waals surface area contributed by atoms with E-state index in [4.69, 9.17) is 0 Å². The molecule has 3 fully saturated rings. The first-order valence-corrected chi connectivity index (χ1v) is 7.98. The maximum atomic E-state index is 3.77. The highest BCUT2D eigenvalue weighted by Gasteiger charge is 2.39. The van der Waals surface area contributed by atoms with E-state index in [0.29, 0.717) is 0 Å². The van der Waals surface area contributed by atoms with Crippen molar-refractivity contribution < 1.29 is 0 Å². The monoisotopic (exact) mass is 251 g/mol. The molecule has 3 saturated heterocycles. The van der Waals surface area contributed by atoms with Gasteiger partial charge in [0.15, 0.2) is 0 Å². The quantitative estimate of drug-likeness (QED) is 0.818. The van der Waals surface area contributed by atoms with Crippen molar-refractivity contribution in [2.45, 2.75) is 57.7 Å². The number of fused-ring (bicyclic) bond motifs is 2. The summed E-state index contributed by atoms with van der Waals surface area (Å²) >= 11 is 0. The molecule has 0 aromatic rings. The second-order valence-corrected chi connectivity index (χ2v) is 6.64. The summed E-state index contributed by atoms with van der Waals surface area (Å²) < 4.78 is 0. The van der Waals surface area contributed by atoms with Gasteiger partial charge in [0.05, 0.1) is 0 Å². The van der Waals surface area contributed by atoms with Crippen molar-refractivity contribution >= 4 is 0 Å². The van der Waals surface area contributed by atoms with Gasteiger partial charge in [-0.2, -0.15) is 0 Å². The lowest BCUT2D eigenvalue weighted by molar-refractivity contribution is 0.0867. The minimum Gasteiger partial charge on any atom is -0.311 e. The second-order valence-electron chi connectivity index (χ2n) is 6.64. The molecule has 3 rings (SSSR count). The van der Waals surface area contributed by atoms with E-state index in [9.17, 15) is 0 Å². The highest BCUT2D eigenvalue weighted by molar-refractivity contribution is 4.98. The standard InChI is InChI=1S/C15H29N3/c1-3-12(2)18-8-6-17(7-9-18)11-13-10-14-4-5-15(13)16-14/h12-16H,3-11H2,1-2H3. The van der Waals surface area contributed by atoms with Gasteiger partial charge in [-0.15, -0.1) is 0 Å². The Morgan fingerprint density at radius 1 is 1.17 bits per heavy atom. The fourth-order valence-corrected chi connectivity index (χ4v) is 4.12. The molecule has 2 bridgehead atoms. The Morgan fingerprint density at radius 3 is 2.50 bits per heavy atom. The molecular formula is C15H29N3. The highest BCUT2D eigenvalue weighted by Crippen LogP contribution is 2.33. The van der Waals surface area contributed by atoms with Crippen LogP contribution in [0.1, 0.15) is 39.5 Å². The lowest BCUT2D eigenvalue weighted by Gasteiger charge is -2.39. The van der Waals surface area contributed by atoms with E-state index in [0.717, 1.165) is 24.0 Å². The molecule has 104 valence electrons. The van der Waals surface area contributed by atoms with Gasteiger partial charge in [0, 0.05) is 50.8 Å². The van der Waals surface area contributed by atoms with E-state index in [1.54, 1.807) is 0 Å². The molecule has 0 radical (unpaired) electrons. The Labute approximate surface area is 112 Å². The number of hydrogen-bond acceptors (Lipinski definition) is 3. The van der Waals surface area contributed by atoms with Crippen LogP contribution in [0.2, 0.25) is 0 Å². The van der Waals surface area contributed by atoms with Crippen molar-refractivity contribution in [1.29, 1.82) is 0 Å². The van der Waals surface area contributed by atoms with Crippen molar-refractivity contribution in [1.82, 2.24) is 15.1 Å². The average molecular weight is 251 g/mol. The van der Waals surface area contributed by atoms with Gasteiger partial charge in [-0.1, -0.05) is 6.92 Å². The van der Waals surface area contributed by atoms with Gasteiger partial charge in [-0.05, 0) is 38.5 Å². The Bertz CT molecular complexity index is 273. The highest BCUT2D eigenvalue weighted by atomic mass is 15.3. The Kier molecular flexibility index (Phi) is 3.92. The summed E-state index contributed by atoms with van der Waals surface area (Å²) in [6.45, 7) is 11.2. The van der Waals surface area contributed by atoms with Crippen LogP contribution in [0.25, 0.3) is 0 Å². The van der Waals surface area contributed by atoms with Gasteiger partial charge in [-0.25, -0.2) is 0 Å². The summed E-state index contributed by atoms with van der Waals surface area (Å²) in [4.78, 5) is 5.38. The minimum absolute atomic E-state index is 0.774. The largest absolute Gasteiger partial charge is 0.311 e. The molecule has 0 saturated carbocycles. The summed E-state index contributed by atoms with van der Waals surface area (Å²) in [5, 5.41) is 3.77. The fraction of sp³-hybridized carbons (Fsp3) is 1.00. The summed E-state index contributed by atoms with van der Waals surface area (Å²) in [7, 11) is 0. The smallest absolute Gasteiger partial charge is 0.0113 e. The molecule has 18 heavy (non-hydrogen) atoms. The van der Waals surface area contributed by atoms with E-state index in [-0.39, 0.29) is 0 Å². The van der Waals surface area contributed by atoms with Crippen molar-refractivity contribution in [3.63, 3.8) is 0 Å². The molecule has 4 unspecified atom stereocenters. The van der Waals surface area contributed by atoms with Crippen LogP contribution in [0, 0.1) is 5.92 Å². The summed E-state index contributed by atoms with van der Waals surface area (Å²) in [5.74, 6) is 0.943. The summed E-state index contributed by atoms with van der Waals surface area (Å²) in [5.41, 5.74) is 0. The predicted octanol–water partition coefficient (Wildman–Crippen LogP) is 1.54. The van der Waals surface area contributed by atoms with E-state index in [1.165, 1.54) is 58.4 Å². The minimum atomic E-state index is 0.774. The Hall–Kier alpha value is -0.120. The van der Waals surface area contributed by atoms with E-state index < -0.39 is 0 Å². The van der Waals surface area contributed by atoms with E-state index in [1.807, 2.05) is 0 Å². The maximum Gasteiger partial charge on any atom is 0.0113 e. The molecule has 0 aromatic carbocycles. The predicted molar refractivity (Wildman–Crippen MR) is 75.8 cm³/mol. The van der Waals surface area contributed by atoms with Crippen molar-refractivity contribution in [3.05, 3.63) is 0 Å². The number of hydrogen-bond donors (Lipinski definition) is 1. The lowest BCUT2D eigenvalue weighted by atomic mass is 9.88. The zero-order valence-electron chi connectivity index (χ0n) is 12.1. The number of piperazine rings is 1. The maximum absolute atomic E-state index is 3.77. The molecular weight excluding hydrogens is 222 g/mol. The molecule has 0 spiro atoms. The number of nitrogens with one attached hydrogen (secondary N) is 1.